The molecule has 2 N–H and O–H groups in total. The van der Waals surface area contributed by atoms with E-state index in [-0.39, 0.29) is 30.4 Å². The Bertz CT molecular complexity index is 664. The fourth-order valence-electron chi connectivity index (χ4n) is 1.84. The lowest BCUT2D eigenvalue weighted by Gasteiger charge is -2.09. The van der Waals surface area contributed by atoms with Crippen LogP contribution < -0.4 is 11.3 Å². The summed E-state index contributed by atoms with van der Waals surface area (Å²) in [6.07, 6.45) is 0.0952. The molecule has 0 spiro atoms. The number of hydrogen-bond donors (Lipinski definition) is 1. The molecule has 2 rings (SSSR count). The number of fused-ring (bicyclic) bond motifs is 1. The van der Waals surface area contributed by atoms with Crippen LogP contribution in [0.5, 0.6) is 0 Å². The highest BCUT2D eigenvalue weighted by Gasteiger charge is 2.10. The molecule has 6 nitrogen and oxygen atoms in total. The fraction of sp³-hybridized carbons (Fsp3) is 0.308. The average molecular weight is 261 g/mol. The first-order valence-electron chi connectivity index (χ1n) is 6.04. The van der Waals surface area contributed by atoms with E-state index in [9.17, 15) is 9.59 Å². The summed E-state index contributed by atoms with van der Waals surface area (Å²) in [5, 5.41) is 0.487. The molecule has 1 aromatic carbocycles. The summed E-state index contributed by atoms with van der Waals surface area (Å²) in [4.78, 5) is 27.7. The number of para-hydroxylation sites is 1. The number of esters is 1. The van der Waals surface area contributed by atoms with Crippen molar-refractivity contribution in [2.24, 2.45) is 0 Å². The second-order valence-electron chi connectivity index (χ2n) is 4.00. The van der Waals surface area contributed by atoms with E-state index in [1.54, 1.807) is 31.2 Å². The first-order valence-corrected chi connectivity index (χ1v) is 6.04. The van der Waals surface area contributed by atoms with Crippen LogP contribution in [0.15, 0.2) is 29.1 Å². The highest BCUT2D eigenvalue weighted by atomic mass is 16.5. The topological polar surface area (TPSA) is 87.2 Å². The van der Waals surface area contributed by atoms with E-state index in [1.165, 1.54) is 4.57 Å². The summed E-state index contributed by atoms with van der Waals surface area (Å²) in [7, 11) is 0. The Morgan fingerprint density at radius 1 is 1.42 bits per heavy atom. The fourth-order valence-corrected chi connectivity index (χ4v) is 1.84. The Morgan fingerprint density at radius 2 is 2.16 bits per heavy atom. The van der Waals surface area contributed by atoms with E-state index in [4.69, 9.17) is 10.5 Å². The Kier molecular flexibility index (Phi) is 3.79. The van der Waals surface area contributed by atoms with Crippen molar-refractivity contribution >= 4 is 22.8 Å². The quantitative estimate of drug-likeness (QED) is 0.827. The second kappa shape index (κ2) is 5.51. The molecule has 0 amide bonds. The SMILES string of the molecule is CCOC(=O)CCn1c(N)nc2ccccc2c1=O. The molecule has 1 heterocycles. The molecule has 1 aromatic heterocycles. The lowest BCUT2D eigenvalue weighted by Crippen LogP contribution is -2.26. The maximum atomic E-state index is 12.2. The minimum Gasteiger partial charge on any atom is -0.466 e. The Balaban J connectivity index is 2.33. The van der Waals surface area contributed by atoms with Crippen molar-refractivity contribution in [1.82, 2.24) is 9.55 Å². The van der Waals surface area contributed by atoms with E-state index >= 15 is 0 Å². The van der Waals surface area contributed by atoms with Crippen LogP contribution in [0.2, 0.25) is 0 Å². The molecule has 0 unspecified atom stereocenters. The predicted molar refractivity (Wildman–Crippen MR) is 71.7 cm³/mol. The van der Waals surface area contributed by atoms with E-state index in [2.05, 4.69) is 4.98 Å². The summed E-state index contributed by atoms with van der Waals surface area (Å²) in [5.41, 5.74) is 6.06. The van der Waals surface area contributed by atoms with Gasteiger partial charge < -0.3 is 10.5 Å². The van der Waals surface area contributed by atoms with Crippen LogP contribution in [0.3, 0.4) is 0 Å². The number of carbonyl (C=O) groups excluding carboxylic acids is 1. The van der Waals surface area contributed by atoms with Crippen molar-refractivity contribution in [1.29, 1.82) is 0 Å². The first kappa shape index (κ1) is 13.1. The minimum absolute atomic E-state index is 0.0952. The molecule has 0 aliphatic rings. The Morgan fingerprint density at radius 3 is 2.89 bits per heavy atom. The van der Waals surface area contributed by atoms with Gasteiger partial charge in [0.15, 0.2) is 0 Å². The van der Waals surface area contributed by atoms with Gasteiger partial charge in [0.1, 0.15) is 0 Å². The monoisotopic (exact) mass is 261 g/mol. The summed E-state index contributed by atoms with van der Waals surface area (Å²) in [5.74, 6) is -0.255. The summed E-state index contributed by atoms with van der Waals surface area (Å²) in [6, 6.07) is 6.96. The van der Waals surface area contributed by atoms with Gasteiger partial charge in [-0.1, -0.05) is 12.1 Å². The van der Waals surface area contributed by atoms with Gasteiger partial charge in [-0.2, -0.15) is 0 Å². The van der Waals surface area contributed by atoms with Crippen molar-refractivity contribution in [3.8, 4) is 0 Å². The van der Waals surface area contributed by atoms with Crippen molar-refractivity contribution < 1.29 is 9.53 Å². The molecule has 100 valence electrons. The largest absolute Gasteiger partial charge is 0.466 e. The second-order valence-corrected chi connectivity index (χ2v) is 4.00. The number of nitrogens with two attached hydrogens (primary N) is 1. The lowest BCUT2D eigenvalue weighted by atomic mass is 10.2. The number of rotatable bonds is 4. The number of anilines is 1. The van der Waals surface area contributed by atoms with Crippen LogP contribution in [-0.4, -0.2) is 22.1 Å². The van der Waals surface area contributed by atoms with E-state index in [0.717, 1.165) is 0 Å². The molecule has 0 saturated carbocycles. The third-order valence-electron chi connectivity index (χ3n) is 2.74. The van der Waals surface area contributed by atoms with Crippen molar-refractivity contribution in [3.05, 3.63) is 34.6 Å². The van der Waals surface area contributed by atoms with Crippen LogP contribution in [0.25, 0.3) is 10.9 Å². The molecule has 0 bridgehead atoms. The smallest absolute Gasteiger partial charge is 0.307 e. The molecule has 0 aliphatic heterocycles. The number of carbonyl (C=O) groups is 1. The zero-order valence-electron chi connectivity index (χ0n) is 10.6. The van der Waals surface area contributed by atoms with Crippen LogP contribution in [0.4, 0.5) is 5.95 Å². The van der Waals surface area contributed by atoms with E-state index in [1.807, 2.05) is 0 Å². The van der Waals surface area contributed by atoms with Crippen LogP contribution in [0.1, 0.15) is 13.3 Å². The van der Waals surface area contributed by atoms with Crippen LogP contribution in [-0.2, 0) is 16.1 Å². The van der Waals surface area contributed by atoms with Gasteiger partial charge >= 0.3 is 5.97 Å². The number of hydrogen-bond acceptors (Lipinski definition) is 5. The van der Waals surface area contributed by atoms with Crippen molar-refractivity contribution in [2.75, 3.05) is 12.3 Å². The maximum absolute atomic E-state index is 12.2. The van der Waals surface area contributed by atoms with Gasteiger partial charge in [0.2, 0.25) is 5.95 Å². The van der Waals surface area contributed by atoms with Crippen molar-refractivity contribution in [3.63, 3.8) is 0 Å². The maximum Gasteiger partial charge on any atom is 0.307 e. The zero-order chi connectivity index (χ0) is 13.8. The van der Waals surface area contributed by atoms with Gasteiger partial charge in [0, 0.05) is 6.54 Å². The summed E-state index contributed by atoms with van der Waals surface area (Å²) in [6.45, 7) is 2.22. The van der Waals surface area contributed by atoms with Gasteiger partial charge in [-0.3, -0.25) is 14.2 Å². The standard InChI is InChI=1S/C13H15N3O3/c1-2-19-11(17)7-8-16-12(18)9-5-3-4-6-10(9)15-13(16)14/h3-6H,2,7-8H2,1H3,(H2,14,15). The minimum atomic E-state index is -0.359. The lowest BCUT2D eigenvalue weighted by molar-refractivity contribution is -0.143. The van der Waals surface area contributed by atoms with Crippen LogP contribution in [0, 0.1) is 0 Å². The molecular formula is C13H15N3O3. The molecule has 0 aliphatic carbocycles. The number of aromatic nitrogens is 2. The summed E-state index contributed by atoms with van der Waals surface area (Å²) >= 11 is 0. The molecule has 6 heteroatoms. The number of benzene rings is 1. The normalized spacial score (nSPS) is 10.6. The molecule has 2 aromatic rings. The molecular weight excluding hydrogens is 246 g/mol. The van der Waals surface area contributed by atoms with Gasteiger partial charge in [0.05, 0.1) is 23.9 Å². The third-order valence-corrected chi connectivity index (χ3v) is 2.74. The molecule has 0 atom stereocenters. The zero-order valence-corrected chi connectivity index (χ0v) is 10.6. The highest BCUT2D eigenvalue weighted by Crippen LogP contribution is 2.09. The van der Waals surface area contributed by atoms with Crippen molar-refractivity contribution in [2.45, 2.75) is 19.9 Å². The number of ether oxygens (including phenoxy) is 1. The Labute approximate surface area is 109 Å². The molecule has 0 radical (unpaired) electrons. The highest BCUT2D eigenvalue weighted by molar-refractivity contribution is 5.78. The third kappa shape index (κ3) is 2.73. The van der Waals surface area contributed by atoms with Gasteiger partial charge in [-0.05, 0) is 19.1 Å². The summed E-state index contributed by atoms with van der Waals surface area (Å²) < 4.78 is 6.11. The number of nitrogen functional groups attached to an aromatic ring is 1. The van der Waals surface area contributed by atoms with Gasteiger partial charge in [-0.25, -0.2) is 4.98 Å². The van der Waals surface area contributed by atoms with E-state index < -0.39 is 0 Å². The molecule has 19 heavy (non-hydrogen) atoms. The Hall–Kier alpha value is -2.37. The van der Waals surface area contributed by atoms with Crippen LogP contribution >= 0.6 is 0 Å². The predicted octanol–water partition coefficient (Wildman–Crippen LogP) is 0.932. The van der Waals surface area contributed by atoms with Gasteiger partial charge in [-0.15, -0.1) is 0 Å². The van der Waals surface area contributed by atoms with Gasteiger partial charge in [0.25, 0.3) is 5.56 Å². The molecule has 0 fully saturated rings. The first-order chi connectivity index (χ1) is 9.13. The average Bonchev–Trinajstić information content (AvgIpc) is 2.39. The number of nitrogens with zero attached hydrogens (tertiary/aromatic N) is 2. The van der Waals surface area contributed by atoms with E-state index in [0.29, 0.717) is 17.5 Å². The molecule has 0 saturated heterocycles.